The third kappa shape index (κ3) is 4.54. The second kappa shape index (κ2) is 9.22. The number of hydrogen-bond donors (Lipinski definition) is 3. The quantitative estimate of drug-likeness (QED) is 0.192. The SMILES string of the molecule is Cc1[nH]c(=O)[nH]c1C(=O)c1ccc(N=C(NC#N)N2CCN(c3ccccc3)CC2)cc1. The Morgan fingerprint density at radius 2 is 1.72 bits per heavy atom. The molecule has 1 aromatic heterocycles. The minimum absolute atomic E-state index is 0.245. The Kier molecular flexibility index (Phi) is 6.03. The first-order valence-electron chi connectivity index (χ1n) is 10.3. The molecule has 1 aliphatic heterocycles. The summed E-state index contributed by atoms with van der Waals surface area (Å²) >= 11 is 0. The van der Waals surface area contributed by atoms with Gasteiger partial charge in [-0.3, -0.25) is 10.1 Å². The highest BCUT2D eigenvalue weighted by molar-refractivity contribution is 6.08. The molecule has 0 saturated carbocycles. The van der Waals surface area contributed by atoms with Gasteiger partial charge in [0.1, 0.15) is 5.69 Å². The summed E-state index contributed by atoms with van der Waals surface area (Å²) in [5.41, 5.74) is 2.56. The number of aryl methyl sites for hydroxylation is 1. The van der Waals surface area contributed by atoms with Crippen molar-refractivity contribution >= 4 is 23.1 Å². The normalized spacial score (nSPS) is 14.2. The van der Waals surface area contributed by atoms with Crippen LogP contribution in [0.1, 0.15) is 21.7 Å². The third-order valence-corrected chi connectivity index (χ3v) is 5.37. The number of hydrogen-bond acceptors (Lipinski definition) is 5. The van der Waals surface area contributed by atoms with E-state index in [0.717, 1.165) is 26.2 Å². The van der Waals surface area contributed by atoms with Gasteiger partial charge in [-0.15, -0.1) is 0 Å². The minimum atomic E-state index is -0.411. The Morgan fingerprint density at radius 1 is 1.03 bits per heavy atom. The first kappa shape index (κ1) is 20.9. The molecule has 1 saturated heterocycles. The zero-order valence-corrected chi connectivity index (χ0v) is 17.6. The molecule has 0 spiro atoms. The number of rotatable bonds is 4. The summed E-state index contributed by atoms with van der Waals surface area (Å²) in [5.74, 6) is 0.203. The molecule has 0 radical (unpaired) electrons. The van der Waals surface area contributed by atoms with Gasteiger partial charge >= 0.3 is 5.69 Å². The number of aliphatic imine (C=N–C) groups is 1. The van der Waals surface area contributed by atoms with E-state index in [-0.39, 0.29) is 11.5 Å². The van der Waals surface area contributed by atoms with Crippen LogP contribution in [-0.2, 0) is 0 Å². The average Bonchev–Trinajstić information content (AvgIpc) is 3.17. The summed E-state index contributed by atoms with van der Waals surface area (Å²) in [6.07, 6.45) is 1.96. The van der Waals surface area contributed by atoms with Crippen molar-refractivity contribution in [2.45, 2.75) is 6.92 Å². The number of piperazine rings is 1. The number of nitriles is 1. The summed E-state index contributed by atoms with van der Waals surface area (Å²) in [6.45, 7) is 4.75. The molecule has 0 unspecified atom stereocenters. The Balaban J connectivity index is 1.47. The van der Waals surface area contributed by atoms with Crippen LogP contribution in [0.2, 0.25) is 0 Å². The second-order valence-electron chi connectivity index (χ2n) is 7.44. The largest absolute Gasteiger partial charge is 0.368 e. The fourth-order valence-corrected chi connectivity index (χ4v) is 3.70. The summed E-state index contributed by atoms with van der Waals surface area (Å²) in [5, 5.41) is 11.9. The van der Waals surface area contributed by atoms with Crippen LogP contribution in [0.15, 0.2) is 64.4 Å². The molecule has 0 bridgehead atoms. The fourth-order valence-electron chi connectivity index (χ4n) is 3.70. The number of carbonyl (C=O) groups is 1. The maximum Gasteiger partial charge on any atom is 0.323 e. The van der Waals surface area contributed by atoms with Crippen molar-refractivity contribution < 1.29 is 4.79 Å². The summed E-state index contributed by atoms with van der Waals surface area (Å²) < 4.78 is 0. The van der Waals surface area contributed by atoms with Crippen molar-refractivity contribution in [3.8, 4) is 6.19 Å². The number of H-pyrrole nitrogens is 2. The minimum Gasteiger partial charge on any atom is -0.368 e. The number of aromatic amines is 2. The summed E-state index contributed by atoms with van der Waals surface area (Å²) in [6, 6.07) is 17.0. The Labute approximate surface area is 185 Å². The molecule has 32 heavy (non-hydrogen) atoms. The number of carbonyl (C=O) groups excluding carboxylic acids is 1. The van der Waals surface area contributed by atoms with Gasteiger partial charge in [0.05, 0.1) is 5.69 Å². The van der Waals surface area contributed by atoms with Gasteiger partial charge in [0.25, 0.3) is 0 Å². The number of nitrogens with one attached hydrogen (secondary N) is 3. The molecule has 0 atom stereocenters. The average molecular weight is 429 g/mol. The zero-order valence-electron chi connectivity index (χ0n) is 17.6. The molecule has 3 aromatic rings. The van der Waals surface area contributed by atoms with Gasteiger partial charge in [-0.1, -0.05) is 18.2 Å². The topological polar surface area (TPSA) is 120 Å². The standard InChI is InChI=1S/C23H23N7O2/c1-16-20(28-23(32)26-16)21(31)17-7-9-18(10-8-17)27-22(25-15-24)30-13-11-29(12-14-30)19-5-3-2-4-6-19/h2-10H,11-14H2,1H3,(H,25,27)(H2,26,28,32). The van der Waals surface area contributed by atoms with E-state index in [1.54, 1.807) is 31.2 Å². The van der Waals surface area contributed by atoms with E-state index in [4.69, 9.17) is 0 Å². The van der Waals surface area contributed by atoms with Gasteiger partial charge in [-0.2, -0.15) is 5.26 Å². The molecular weight excluding hydrogens is 406 g/mol. The molecule has 9 nitrogen and oxygen atoms in total. The lowest BCUT2D eigenvalue weighted by molar-refractivity contribution is 0.103. The van der Waals surface area contributed by atoms with Crippen LogP contribution >= 0.6 is 0 Å². The molecule has 1 aliphatic rings. The lowest BCUT2D eigenvalue weighted by Crippen LogP contribution is -2.51. The summed E-state index contributed by atoms with van der Waals surface area (Å²) in [7, 11) is 0. The van der Waals surface area contributed by atoms with Crippen LogP contribution in [0.3, 0.4) is 0 Å². The molecule has 2 heterocycles. The van der Waals surface area contributed by atoms with E-state index < -0.39 is 5.69 Å². The Bertz CT molecular complexity index is 1210. The molecule has 4 rings (SSSR count). The monoisotopic (exact) mass is 429 g/mol. The molecule has 0 amide bonds. The molecule has 1 fully saturated rings. The van der Waals surface area contributed by atoms with Gasteiger partial charge in [0, 0.05) is 43.1 Å². The van der Waals surface area contributed by atoms with E-state index in [1.807, 2.05) is 29.3 Å². The van der Waals surface area contributed by atoms with Crippen LogP contribution in [0.25, 0.3) is 0 Å². The molecule has 3 N–H and O–H groups in total. The lowest BCUT2D eigenvalue weighted by Gasteiger charge is -2.37. The zero-order chi connectivity index (χ0) is 22.5. The molecular formula is C23H23N7O2. The van der Waals surface area contributed by atoms with Gasteiger partial charge in [0.2, 0.25) is 11.7 Å². The first-order chi connectivity index (χ1) is 15.5. The highest BCUT2D eigenvalue weighted by atomic mass is 16.1. The van der Waals surface area contributed by atoms with E-state index in [1.165, 1.54) is 5.69 Å². The lowest BCUT2D eigenvalue weighted by atomic mass is 10.1. The van der Waals surface area contributed by atoms with E-state index in [9.17, 15) is 14.9 Å². The van der Waals surface area contributed by atoms with Crippen molar-refractivity contribution in [1.82, 2.24) is 20.2 Å². The van der Waals surface area contributed by atoms with E-state index >= 15 is 0 Å². The van der Waals surface area contributed by atoms with Crippen molar-refractivity contribution in [2.24, 2.45) is 4.99 Å². The Morgan fingerprint density at radius 3 is 2.31 bits per heavy atom. The number of ketones is 1. The third-order valence-electron chi connectivity index (χ3n) is 5.37. The first-order valence-corrected chi connectivity index (χ1v) is 10.3. The van der Waals surface area contributed by atoms with Crippen LogP contribution < -0.4 is 15.9 Å². The summed E-state index contributed by atoms with van der Waals surface area (Å²) in [4.78, 5) is 38.0. The van der Waals surface area contributed by atoms with Gasteiger partial charge in [-0.25, -0.2) is 9.79 Å². The second-order valence-corrected chi connectivity index (χ2v) is 7.44. The highest BCUT2D eigenvalue weighted by Gasteiger charge is 2.20. The fraction of sp³-hybridized carbons (Fsp3) is 0.217. The van der Waals surface area contributed by atoms with E-state index in [2.05, 4.69) is 37.3 Å². The molecule has 0 aliphatic carbocycles. The highest BCUT2D eigenvalue weighted by Crippen LogP contribution is 2.19. The van der Waals surface area contributed by atoms with Crippen LogP contribution in [0, 0.1) is 18.4 Å². The van der Waals surface area contributed by atoms with Gasteiger partial charge in [0.15, 0.2) is 6.19 Å². The van der Waals surface area contributed by atoms with Crippen molar-refractivity contribution in [3.05, 3.63) is 82.0 Å². The number of anilines is 1. The maximum absolute atomic E-state index is 12.6. The predicted molar refractivity (Wildman–Crippen MR) is 122 cm³/mol. The molecule has 162 valence electrons. The van der Waals surface area contributed by atoms with E-state index in [0.29, 0.717) is 22.9 Å². The number of nitrogens with zero attached hydrogens (tertiary/aromatic N) is 4. The predicted octanol–water partition coefficient (Wildman–Crippen LogP) is 2.12. The van der Waals surface area contributed by atoms with Crippen molar-refractivity contribution in [3.63, 3.8) is 0 Å². The molecule has 2 aromatic carbocycles. The van der Waals surface area contributed by atoms with Gasteiger partial charge in [-0.05, 0) is 43.3 Å². The maximum atomic E-state index is 12.6. The van der Waals surface area contributed by atoms with Crippen LogP contribution in [0.4, 0.5) is 11.4 Å². The number of benzene rings is 2. The number of guanidine groups is 1. The number of imidazole rings is 1. The Hall–Kier alpha value is -4.32. The number of para-hydroxylation sites is 1. The smallest absolute Gasteiger partial charge is 0.323 e. The van der Waals surface area contributed by atoms with Crippen molar-refractivity contribution in [2.75, 3.05) is 31.1 Å². The van der Waals surface area contributed by atoms with Crippen molar-refractivity contribution in [1.29, 1.82) is 5.26 Å². The van der Waals surface area contributed by atoms with Crippen LogP contribution in [-0.4, -0.2) is 52.8 Å². The molecule has 9 heteroatoms. The number of aromatic nitrogens is 2. The van der Waals surface area contributed by atoms with Crippen LogP contribution in [0.5, 0.6) is 0 Å². The van der Waals surface area contributed by atoms with Gasteiger partial charge < -0.3 is 19.8 Å².